The van der Waals surface area contributed by atoms with Crippen molar-refractivity contribution in [3.05, 3.63) is 59.9 Å². The van der Waals surface area contributed by atoms with Crippen molar-refractivity contribution in [2.45, 2.75) is 24.6 Å². The van der Waals surface area contributed by atoms with Crippen molar-refractivity contribution in [3.8, 4) is 10.6 Å². The van der Waals surface area contributed by atoms with Crippen LogP contribution in [0.25, 0.3) is 10.6 Å². The molecule has 34 heavy (non-hydrogen) atoms. The molecule has 3 aromatic rings. The van der Waals surface area contributed by atoms with Crippen LogP contribution in [0.4, 0.5) is 23.0 Å². The van der Waals surface area contributed by atoms with Gasteiger partial charge in [0.2, 0.25) is 5.76 Å². The Labute approximate surface area is 196 Å². The van der Waals surface area contributed by atoms with E-state index in [-0.39, 0.29) is 15.6 Å². The first-order chi connectivity index (χ1) is 16.0. The monoisotopic (exact) mass is 515 g/mol. The summed E-state index contributed by atoms with van der Waals surface area (Å²) in [5, 5.41) is 3.46. The Hall–Kier alpha value is -3.23. The molecule has 1 aromatic carbocycles. The fourth-order valence-corrected chi connectivity index (χ4v) is 6.18. The molecule has 1 saturated carbocycles. The molecule has 1 aliphatic carbocycles. The smallest absolute Gasteiger partial charge is 0.375 e. The molecule has 14 heteroatoms. The molecule has 0 bridgehead atoms. The number of amides is 1. The van der Waals surface area contributed by atoms with E-state index in [1.807, 2.05) is 0 Å². The van der Waals surface area contributed by atoms with Crippen molar-refractivity contribution in [1.29, 1.82) is 0 Å². The van der Waals surface area contributed by atoms with Gasteiger partial charge in [0, 0.05) is 17.9 Å². The quantitative estimate of drug-likeness (QED) is 0.286. The van der Waals surface area contributed by atoms with E-state index in [2.05, 4.69) is 14.4 Å². The van der Waals surface area contributed by atoms with E-state index in [0.717, 1.165) is 15.6 Å². The highest BCUT2D eigenvalue weighted by Crippen LogP contribution is 2.63. The molecule has 1 amide bonds. The van der Waals surface area contributed by atoms with E-state index < -0.39 is 52.6 Å². The highest BCUT2D eigenvalue weighted by atomic mass is 32.2. The summed E-state index contributed by atoms with van der Waals surface area (Å²) in [4.78, 5) is 24.6. The van der Waals surface area contributed by atoms with Crippen LogP contribution < -0.4 is 10.0 Å². The number of nitrogens with zero attached hydrogens (tertiary/aromatic N) is 2. The van der Waals surface area contributed by atoms with Crippen LogP contribution in [0.3, 0.4) is 0 Å². The zero-order valence-electron chi connectivity index (χ0n) is 17.2. The third-order valence-corrected chi connectivity index (χ3v) is 7.58. The second kappa shape index (κ2) is 8.52. The summed E-state index contributed by atoms with van der Waals surface area (Å²) >= 11 is -1.99. The van der Waals surface area contributed by atoms with E-state index >= 15 is 0 Å². The first-order valence-electron chi connectivity index (χ1n) is 9.60. The number of ether oxygens (including phenoxy) is 1. The van der Waals surface area contributed by atoms with E-state index in [0.29, 0.717) is 11.6 Å². The number of thiophene rings is 1. The summed E-state index contributed by atoms with van der Waals surface area (Å²) in [6, 6.07) is 12.0. The van der Waals surface area contributed by atoms with Gasteiger partial charge in [-0.2, -0.15) is 13.2 Å². The van der Waals surface area contributed by atoms with Gasteiger partial charge in [-0.05, 0) is 17.7 Å². The van der Waals surface area contributed by atoms with Crippen molar-refractivity contribution in [1.82, 2.24) is 5.16 Å². The van der Waals surface area contributed by atoms with Gasteiger partial charge in [-0.25, -0.2) is 18.1 Å². The Morgan fingerprint density at radius 2 is 1.94 bits per heavy atom. The minimum atomic E-state index is -4.74. The normalized spacial score (nSPS) is 22.7. The lowest BCUT2D eigenvalue weighted by molar-refractivity contribution is -0.155. The minimum Gasteiger partial charge on any atom is -0.375 e. The molecule has 180 valence electrons. The third-order valence-electron chi connectivity index (χ3n) is 5.56. The van der Waals surface area contributed by atoms with Crippen molar-refractivity contribution in [3.63, 3.8) is 0 Å². The van der Waals surface area contributed by atoms with E-state index in [9.17, 15) is 31.5 Å². The number of halogens is 3. The predicted octanol–water partition coefficient (Wildman–Crippen LogP) is 4.16. The second-order valence-electron chi connectivity index (χ2n) is 7.45. The van der Waals surface area contributed by atoms with Crippen molar-refractivity contribution >= 4 is 39.7 Å². The molecule has 1 aliphatic rings. The van der Waals surface area contributed by atoms with Crippen molar-refractivity contribution in [2.75, 3.05) is 4.31 Å². The highest BCUT2D eigenvalue weighted by Gasteiger charge is 2.74. The average Bonchev–Trinajstić information content (AvgIpc) is 3.15. The molecule has 4 unspecified atom stereocenters. The summed E-state index contributed by atoms with van der Waals surface area (Å²) in [5.74, 6) is -3.67. The van der Waals surface area contributed by atoms with Crippen LogP contribution in [-0.2, 0) is 27.0 Å². The van der Waals surface area contributed by atoms with Gasteiger partial charge in [0.15, 0.2) is 5.54 Å². The molecule has 2 heterocycles. The topological polar surface area (TPSA) is 136 Å². The molecule has 4 rings (SSSR count). The Kier molecular flexibility index (Phi) is 5.99. The molecule has 9 nitrogen and oxygen atoms in total. The number of carbonyl (C=O) groups is 2. The van der Waals surface area contributed by atoms with Crippen molar-refractivity contribution in [2.24, 2.45) is 11.7 Å². The SMILES string of the molecule is CC1C(c2ccccc2)C1(C(=O)OC(N)=O)N(c1ccc(-c2cc(C(F)(F)F)on2)s1)S(=O)O. The number of nitrogens with two attached hydrogens (primary N) is 1. The van der Waals surface area contributed by atoms with Crippen LogP contribution in [0.2, 0.25) is 0 Å². The summed E-state index contributed by atoms with van der Waals surface area (Å²) in [6.45, 7) is 1.64. The highest BCUT2D eigenvalue weighted by molar-refractivity contribution is 7.81. The molecule has 0 aliphatic heterocycles. The number of hydrogen-bond acceptors (Lipinski definition) is 7. The number of aromatic nitrogens is 1. The molecule has 1 fully saturated rings. The van der Waals surface area contributed by atoms with Crippen LogP contribution in [0.1, 0.15) is 24.2 Å². The fourth-order valence-electron chi connectivity index (χ4n) is 4.11. The number of alkyl halides is 3. The maximum atomic E-state index is 13.1. The van der Waals surface area contributed by atoms with E-state index in [1.54, 1.807) is 37.3 Å². The van der Waals surface area contributed by atoms with Gasteiger partial charge in [-0.15, -0.1) is 11.3 Å². The zero-order chi connectivity index (χ0) is 24.8. The van der Waals surface area contributed by atoms with Crippen LogP contribution in [0.15, 0.2) is 53.1 Å². The summed E-state index contributed by atoms with van der Waals surface area (Å²) in [6.07, 6.45) is -6.12. The van der Waals surface area contributed by atoms with Gasteiger partial charge in [0.1, 0.15) is 10.7 Å². The summed E-state index contributed by atoms with van der Waals surface area (Å²) in [7, 11) is 0. The number of anilines is 1. The first-order valence-corrected chi connectivity index (χ1v) is 11.5. The number of hydrogen-bond donors (Lipinski definition) is 2. The standard InChI is InChI=1S/C20H16F3N3O6S2/c1-10-16(11-5-3-2-4-6-11)19(10,17(27)31-18(24)28)26(34(29)30)15-8-7-13(33-15)12-9-14(32-25-12)20(21,22)23/h2-10,16H,1H3,(H2,24,28)(H,29,30). The van der Waals surface area contributed by atoms with Gasteiger partial charge in [-0.1, -0.05) is 42.4 Å². The Morgan fingerprint density at radius 1 is 1.26 bits per heavy atom. The lowest BCUT2D eigenvalue weighted by Crippen LogP contribution is -2.49. The number of primary amides is 1. The van der Waals surface area contributed by atoms with Crippen LogP contribution in [0.5, 0.6) is 0 Å². The summed E-state index contributed by atoms with van der Waals surface area (Å²) in [5.41, 5.74) is 3.75. The molecule has 3 N–H and O–H groups in total. The van der Waals surface area contributed by atoms with Crippen LogP contribution >= 0.6 is 11.3 Å². The predicted molar refractivity (Wildman–Crippen MR) is 115 cm³/mol. The molecule has 0 radical (unpaired) electrons. The first kappa shape index (κ1) is 23.9. The zero-order valence-corrected chi connectivity index (χ0v) is 18.8. The van der Waals surface area contributed by atoms with Crippen LogP contribution in [-0.4, -0.2) is 31.5 Å². The molecule has 4 atom stereocenters. The van der Waals surface area contributed by atoms with Gasteiger partial charge >= 0.3 is 18.2 Å². The minimum absolute atomic E-state index is 0.0547. The van der Waals surface area contributed by atoms with Crippen LogP contribution in [0, 0.1) is 5.92 Å². The second-order valence-corrected chi connectivity index (χ2v) is 9.34. The number of esters is 1. The van der Waals surface area contributed by atoms with Gasteiger partial charge in [0.05, 0.1) is 4.88 Å². The third kappa shape index (κ3) is 3.97. The number of rotatable bonds is 6. The lowest BCUT2D eigenvalue weighted by atomic mass is 10.1. The Balaban J connectivity index is 1.78. The summed E-state index contributed by atoms with van der Waals surface area (Å²) < 4.78 is 71.2. The molecular weight excluding hydrogens is 499 g/mol. The number of benzene rings is 1. The Morgan fingerprint density at radius 3 is 2.50 bits per heavy atom. The fraction of sp³-hybridized carbons (Fsp3) is 0.250. The molecule has 2 aromatic heterocycles. The maximum absolute atomic E-state index is 13.1. The lowest BCUT2D eigenvalue weighted by Gasteiger charge is -2.28. The van der Waals surface area contributed by atoms with E-state index in [1.165, 1.54) is 12.1 Å². The Bertz CT molecular complexity index is 1260. The van der Waals surface area contributed by atoms with Gasteiger partial charge in [-0.3, -0.25) is 4.55 Å². The molecule has 0 saturated heterocycles. The maximum Gasteiger partial charge on any atom is 0.452 e. The molecular formula is C20H16F3N3O6S2. The average molecular weight is 515 g/mol. The van der Waals surface area contributed by atoms with Gasteiger partial charge in [0.25, 0.3) is 11.3 Å². The van der Waals surface area contributed by atoms with Crippen molar-refractivity contribution < 1.29 is 40.8 Å². The number of carbonyl (C=O) groups excluding carboxylic acids is 2. The molecule has 0 spiro atoms. The van der Waals surface area contributed by atoms with Gasteiger partial charge < -0.3 is 15.0 Å². The largest absolute Gasteiger partial charge is 0.452 e. The van der Waals surface area contributed by atoms with E-state index in [4.69, 9.17) is 5.73 Å².